The maximum Gasteiger partial charge on any atom is 0.107 e. The molecule has 1 aromatic rings. The fourth-order valence-corrected chi connectivity index (χ4v) is 1.69. The van der Waals surface area contributed by atoms with Crippen molar-refractivity contribution in [3.8, 4) is 0 Å². The van der Waals surface area contributed by atoms with Gasteiger partial charge in [0.05, 0.1) is 0 Å². The highest BCUT2D eigenvalue weighted by molar-refractivity contribution is 5.17. The van der Waals surface area contributed by atoms with E-state index in [1.807, 2.05) is 7.05 Å². The SMILES string of the molecule is CNCCc1ccc(C2CC2C)o1. The van der Waals surface area contributed by atoms with Crippen LogP contribution < -0.4 is 5.32 Å². The Labute approximate surface area is 79.3 Å². The lowest BCUT2D eigenvalue weighted by Gasteiger charge is -1.95. The second kappa shape index (κ2) is 3.54. The van der Waals surface area contributed by atoms with Gasteiger partial charge in [-0.1, -0.05) is 6.92 Å². The normalized spacial score (nSPS) is 26.3. The quantitative estimate of drug-likeness (QED) is 0.766. The van der Waals surface area contributed by atoms with E-state index in [9.17, 15) is 0 Å². The van der Waals surface area contributed by atoms with Gasteiger partial charge in [0.2, 0.25) is 0 Å². The first kappa shape index (κ1) is 8.82. The third kappa shape index (κ3) is 1.94. The van der Waals surface area contributed by atoms with Crippen LogP contribution in [-0.2, 0) is 6.42 Å². The highest BCUT2D eigenvalue weighted by Crippen LogP contribution is 2.47. The van der Waals surface area contributed by atoms with E-state index in [2.05, 4.69) is 24.4 Å². The van der Waals surface area contributed by atoms with Crippen molar-refractivity contribution in [2.24, 2.45) is 5.92 Å². The zero-order valence-electron chi connectivity index (χ0n) is 8.34. The van der Waals surface area contributed by atoms with Crippen LogP contribution in [-0.4, -0.2) is 13.6 Å². The van der Waals surface area contributed by atoms with Crippen molar-refractivity contribution in [3.05, 3.63) is 23.7 Å². The number of nitrogens with one attached hydrogen (secondary N) is 1. The van der Waals surface area contributed by atoms with Crippen LogP contribution in [0.15, 0.2) is 16.5 Å². The Morgan fingerprint density at radius 1 is 1.54 bits per heavy atom. The summed E-state index contributed by atoms with van der Waals surface area (Å²) in [6.07, 6.45) is 2.30. The van der Waals surface area contributed by atoms with Crippen LogP contribution in [0.1, 0.15) is 30.8 Å². The highest BCUT2D eigenvalue weighted by Gasteiger charge is 2.36. The monoisotopic (exact) mass is 179 g/mol. The van der Waals surface area contributed by atoms with Gasteiger partial charge in [-0.2, -0.15) is 0 Å². The molecular weight excluding hydrogens is 162 g/mol. The highest BCUT2D eigenvalue weighted by atomic mass is 16.3. The Hall–Kier alpha value is -0.760. The van der Waals surface area contributed by atoms with E-state index >= 15 is 0 Å². The molecule has 0 aromatic carbocycles. The van der Waals surface area contributed by atoms with Crippen LogP contribution in [0.25, 0.3) is 0 Å². The molecule has 1 aliphatic carbocycles. The maximum atomic E-state index is 5.74. The minimum absolute atomic E-state index is 0.711. The third-order valence-electron chi connectivity index (χ3n) is 2.78. The molecule has 2 atom stereocenters. The van der Waals surface area contributed by atoms with Gasteiger partial charge in [-0.15, -0.1) is 0 Å². The summed E-state index contributed by atoms with van der Waals surface area (Å²) in [6.45, 7) is 3.27. The van der Waals surface area contributed by atoms with Crippen molar-refractivity contribution in [3.63, 3.8) is 0 Å². The first-order valence-electron chi connectivity index (χ1n) is 5.04. The molecule has 1 aromatic heterocycles. The van der Waals surface area contributed by atoms with Crippen LogP contribution >= 0.6 is 0 Å². The minimum Gasteiger partial charge on any atom is -0.466 e. The van der Waals surface area contributed by atoms with E-state index in [0.717, 1.165) is 24.6 Å². The zero-order chi connectivity index (χ0) is 9.26. The van der Waals surface area contributed by atoms with E-state index in [-0.39, 0.29) is 0 Å². The zero-order valence-corrected chi connectivity index (χ0v) is 8.34. The molecule has 1 aliphatic rings. The molecular formula is C11H17NO. The Balaban J connectivity index is 1.94. The molecule has 1 fully saturated rings. The molecule has 1 saturated carbocycles. The van der Waals surface area contributed by atoms with Crippen LogP contribution in [0.3, 0.4) is 0 Å². The van der Waals surface area contributed by atoms with Crippen LogP contribution in [0, 0.1) is 5.92 Å². The molecule has 1 heterocycles. The average Bonchev–Trinajstić information content (AvgIpc) is 2.67. The smallest absolute Gasteiger partial charge is 0.107 e. The standard InChI is InChI=1S/C11H17NO/c1-8-7-10(8)11-4-3-9(13-11)5-6-12-2/h3-4,8,10,12H,5-7H2,1-2H3. The van der Waals surface area contributed by atoms with Gasteiger partial charge in [0, 0.05) is 18.9 Å². The van der Waals surface area contributed by atoms with Gasteiger partial charge in [0.1, 0.15) is 11.5 Å². The summed E-state index contributed by atoms with van der Waals surface area (Å²) in [7, 11) is 1.97. The van der Waals surface area contributed by atoms with Crippen molar-refractivity contribution in [1.82, 2.24) is 5.32 Å². The molecule has 2 unspecified atom stereocenters. The van der Waals surface area contributed by atoms with E-state index in [1.165, 1.54) is 12.2 Å². The molecule has 1 N–H and O–H groups in total. The topological polar surface area (TPSA) is 25.2 Å². The summed E-state index contributed by atoms with van der Waals surface area (Å²) in [6, 6.07) is 4.25. The lowest BCUT2D eigenvalue weighted by atomic mass is 10.2. The van der Waals surface area contributed by atoms with E-state index in [0.29, 0.717) is 5.92 Å². The Kier molecular flexibility index (Phi) is 2.40. The van der Waals surface area contributed by atoms with Crippen molar-refractivity contribution >= 4 is 0 Å². The Morgan fingerprint density at radius 2 is 2.31 bits per heavy atom. The second-order valence-electron chi connectivity index (χ2n) is 3.98. The predicted molar refractivity (Wildman–Crippen MR) is 52.9 cm³/mol. The van der Waals surface area contributed by atoms with Gasteiger partial charge in [0.15, 0.2) is 0 Å². The molecule has 0 bridgehead atoms. The van der Waals surface area contributed by atoms with Crippen LogP contribution in [0.2, 0.25) is 0 Å². The van der Waals surface area contributed by atoms with Crippen LogP contribution in [0.5, 0.6) is 0 Å². The number of hydrogen-bond donors (Lipinski definition) is 1. The molecule has 0 radical (unpaired) electrons. The number of hydrogen-bond acceptors (Lipinski definition) is 2. The predicted octanol–water partition coefficient (Wildman–Crippen LogP) is 2.16. The molecule has 2 nitrogen and oxygen atoms in total. The molecule has 0 aliphatic heterocycles. The van der Waals surface area contributed by atoms with E-state index in [1.54, 1.807) is 0 Å². The van der Waals surface area contributed by atoms with Crippen LogP contribution in [0.4, 0.5) is 0 Å². The summed E-state index contributed by atoms with van der Waals surface area (Å²) >= 11 is 0. The molecule has 2 heteroatoms. The summed E-state index contributed by atoms with van der Waals surface area (Å²) < 4.78 is 5.74. The largest absolute Gasteiger partial charge is 0.466 e. The summed E-state index contributed by atoms with van der Waals surface area (Å²) in [4.78, 5) is 0. The maximum absolute atomic E-state index is 5.74. The Bertz CT molecular complexity index is 279. The van der Waals surface area contributed by atoms with Gasteiger partial charge in [-0.05, 0) is 31.5 Å². The van der Waals surface area contributed by atoms with Gasteiger partial charge < -0.3 is 9.73 Å². The molecule has 0 amide bonds. The Morgan fingerprint density at radius 3 is 2.92 bits per heavy atom. The van der Waals surface area contributed by atoms with Crippen molar-refractivity contribution < 1.29 is 4.42 Å². The van der Waals surface area contributed by atoms with Crippen molar-refractivity contribution in [1.29, 1.82) is 0 Å². The molecule has 2 rings (SSSR count). The van der Waals surface area contributed by atoms with E-state index < -0.39 is 0 Å². The van der Waals surface area contributed by atoms with Crippen molar-refractivity contribution in [2.45, 2.75) is 25.7 Å². The second-order valence-corrected chi connectivity index (χ2v) is 3.98. The lowest BCUT2D eigenvalue weighted by Crippen LogP contribution is -2.09. The van der Waals surface area contributed by atoms with Crippen molar-refractivity contribution in [2.75, 3.05) is 13.6 Å². The fraction of sp³-hybridized carbons (Fsp3) is 0.636. The number of likely N-dealkylation sites (N-methyl/N-ethyl adjacent to an activating group) is 1. The first-order chi connectivity index (χ1) is 6.31. The lowest BCUT2D eigenvalue weighted by molar-refractivity contribution is 0.459. The average molecular weight is 179 g/mol. The molecule has 72 valence electrons. The van der Waals surface area contributed by atoms with E-state index in [4.69, 9.17) is 4.42 Å². The third-order valence-corrected chi connectivity index (χ3v) is 2.78. The first-order valence-corrected chi connectivity index (χ1v) is 5.04. The van der Waals surface area contributed by atoms with Gasteiger partial charge in [-0.25, -0.2) is 0 Å². The summed E-state index contributed by atoms with van der Waals surface area (Å²) in [5, 5.41) is 3.12. The minimum atomic E-state index is 0.711. The molecule has 13 heavy (non-hydrogen) atoms. The fourth-order valence-electron chi connectivity index (χ4n) is 1.69. The van der Waals surface area contributed by atoms with Gasteiger partial charge in [-0.3, -0.25) is 0 Å². The number of rotatable bonds is 4. The summed E-state index contributed by atoms with van der Waals surface area (Å²) in [5.41, 5.74) is 0. The number of furan rings is 1. The van der Waals surface area contributed by atoms with Gasteiger partial charge in [0.25, 0.3) is 0 Å². The molecule has 0 spiro atoms. The summed E-state index contributed by atoms with van der Waals surface area (Å²) in [5.74, 6) is 3.86. The van der Waals surface area contributed by atoms with Gasteiger partial charge >= 0.3 is 0 Å². The molecule has 0 saturated heterocycles.